The van der Waals surface area contributed by atoms with Gasteiger partial charge in [-0.1, -0.05) is 24.3 Å². The minimum absolute atomic E-state index is 0.00943. The second kappa shape index (κ2) is 7.59. The van der Waals surface area contributed by atoms with Crippen LogP contribution in [-0.4, -0.2) is 24.9 Å². The molecule has 0 spiro atoms. The Morgan fingerprint density at radius 2 is 1.90 bits per heavy atom. The number of amides is 2. The summed E-state index contributed by atoms with van der Waals surface area (Å²) in [6.45, 7) is 2.90. The highest BCUT2D eigenvalue weighted by Crippen LogP contribution is 2.14. The molecule has 21 heavy (non-hydrogen) atoms. The Labute approximate surface area is 128 Å². The Balaban J connectivity index is 1.85. The summed E-state index contributed by atoms with van der Waals surface area (Å²) >= 11 is 1.39. The van der Waals surface area contributed by atoms with Gasteiger partial charge in [-0.3, -0.25) is 9.59 Å². The zero-order valence-corrected chi connectivity index (χ0v) is 12.7. The van der Waals surface area contributed by atoms with Gasteiger partial charge in [-0.05, 0) is 30.5 Å². The fraction of sp³-hybridized carbons (Fsp3) is 0.250. The summed E-state index contributed by atoms with van der Waals surface area (Å²) in [5.74, 6) is -0.115. The molecule has 1 aromatic carbocycles. The number of nitrogens with one attached hydrogen (secondary N) is 1. The van der Waals surface area contributed by atoms with Gasteiger partial charge in [-0.15, -0.1) is 11.3 Å². The lowest BCUT2D eigenvalue weighted by Crippen LogP contribution is -2.34. The van der Waals surface area contributed by atoms with Crippen molar-refractivity contribution in [2.75, 3.05) is 18.0 Å². The van der Waals surface area contributed by atoms with Crippen LogP contribution in [-0.2, 0) is 4.79 Å². The van der Waals surface area contributed by atoms with E-state index < -0.39 is 0 Å². The van der Waals surface area contributed by atoms with E-state index in [4.69, 9.17) is 0 Å². The first kappa shape index (κ1) is 15.3. The number of para-hydroxylation sites is 1. The zero-order valence-electron chi connectivity index (χ0n) is 11.9. The fourth-order valence-corrected chi connectivity index (χ4v) is 2.66. The van der Waals surface area contributed by atoms with Crippen molar-refractivity contribution in [3.8, 4) is 0 Å². The first-order valence-electron chi connectivity index (χ1n) is 6.89. The van der Waals surface area contributed by atoms with E-state index >= 15 is 0 Å². The van der Waals surface area contributed by atoms with Crippen LogP contribution in [0.3, 0.4) is 0 Å². The lowest BCUT2D eigenvalue weighted by molar-refractivity contribution is -0.118. The SMILES string of the molecule is CCN(C(=O)CCNC(=O)c1cccs1)c1ccccc1. The van der Waals surface area contributed by atoms with E-state index in [1.54, 1.807) is 11.0 Å². The summed E-state index contributed by atoms with van der Waals surface area (Å²) in [6.07, 6.45) is 0.292. The van der Waals surface area contributed by atoms with Crippen LogP contribution in [0.5, 0.6) is 0 Å². The average molecular weight is 302 g/mol. The minimum Gasteiger partial charge on any atom is -0.351 e. The van der Waals surface area contributed by atoms with E-state index in [2.05, 4.69) is 5.32 Å². The van der Waals surface area contributed by atoms with Gasteiger partial charge >= 0.3 is 0 Å². The zero-order chi connectivity index (χ0) is 15.1. The number of carbonyl (C=O) groups excluding carboxylic acids is 2. The van der Waals surface area contributed by atoms with Crippen LogP contribution >= 0.6 is 11.3 Å². The van der Waals surface area contributed by atoms with Gasteiger partial charge in [0.2, 0.25) is 5.91 Å². The van der Waals surface area contributed by atoms with Crippen LogP contribution in [0.25, 0.3) is 0 Å². The molecule has 2 aromatic rings. The molecule has 1 heterocycles. The average Bonchev–Trinajstić information content (AvgIpc) is 3.03. The fourth-order valence-electron chi connectivity index (χ4n) is 2.02. The summed E-state index contributed by atoms with van der Waals surface area (Å²) in [4.78, 5) is 26.4. The topological polar surface area (TPSA) is 49.4 Å². The van der Waals surface area contributed by atoms with Crippen LogP contribution in [0.2, 0.25) is 0 Å². The Bertz CT molecular complexity index is 582. The second-order valence-electron chi connectivity index (χ2n) is 4.46. The summed E-state index contributed by atoms with van der Waals surface area (Å²) in [5, 5.41) is 4.63. The lowest BCUT2D eigenvalue weighted by atomic mass is 10.2. The van der Waals surface area contributed by atoms with Crippen molar-refractivity contribution in [2.45, 2.75) is 13.3 Å². The van der Waals surface area contributed by atoms with Crippen molar-refractivity contribution in [3.63, 3.8) is 0 Å². The third-order valence-electron chi connectivity index (χ3n) is 3.05. The van der Waals surface area contributed by atoms with Gasteiger partial charge in [0.15, 0.2) is 0 Å². The number of benzene rings is 1. The molecule has 0 aliphatic heterocycles. The number of nitrogens with zero attached hydrogens (tertiary/aromatic N) is 1. The van der Waals surface area contributed by atoms with Gasteiger partial charge < -0.3 is 10.2 Å². The molecule has 0 radical (unpaired) electrons. The number of hydrogen-bond acceptors (Lipinski definition) is 3. The minimum atomic E-state index is -0.124. The standard InChI is InChI=1S/C16H18N2O2S/c1-2-18(13-7-4-3-5-8-13)15(19)10-11-17-16(20)14-9-6-12-21-14/h3-9,12H,2,10-11H2,1H3,(H,17,20). The Kier molecular flexibility index (Phi) is 5.51. The van der Waals surface area contributed by atoms with Crippen molar-refractivity contribution in [3.05, 3.63) is 52.7 Å². The van der Waals surface area contributed by atoms with E-state index in [0.29, 0.717) is 24.4 Å². The van der Waals surface area contributed by atoms with E-state index in [1.807, 2.05) is 48.7 Å². The molecule has 0 fully saturated rings. The third-order valence-corrected chi connectivity index (χ3v) is 3.92. The lowest BCUT2D eigenvalue weighted by Gasteiger charge is -2.21. The molecular weight excluding hydrogens is 284 g/mol. The van der Waals surface area contributed by atoms with E-state index in [-0.39, 0.29) is 11.8 Å². The van der Waals surface area contributed by atoms with Gasteiger partial charge in [0.1, 0.15) is 0 Å². The first-order valence-corrected chi connectivity index (χ1v) is 7.77. The molecule has 0 saturated carbocycles. The van der Waals surface area contributed by atoms with E-state index in [9.17, 15) is 9.59 Å². The maximum Gasteiger partial charge on any atom is 0.261 e. The summed E-state index contributed by atoms with van der Waals surface area (Å²) < 4.78 is 0. The molecule has 0 saturated heterocycles. The molecule has 2 amide bonds. The van der Waals surface area contributed by atoms with Crippen molar-refractivity contribution in [1.29, 1.82) is 0 Å². The maximum atomic E-state index is 12.2. The van der Waals surface area contributed by atoms with Gasteiger partial charge in [0.25, 0.3) is 5.91 Å². The van der Waals surface area contributed by atoms with Crippen LogP contribution in [0.4, 0.5) is 5.69 Å². The normalized spacial score (nSPS) is 10.1. The molecule has 0 unspecified atom stereocenters. The highest BCUT2D eigenvalue weighted by molar-refractivity contribution is 7.12. The predicted octanol–water partition coefficient (Wildman–Crippen LogP) is 2.92. The third kappa shape index (κ3) is 4.16. The Morgan fingerprint density at radius 1 is 1.14 bits per heavy atom. The Morgan fingerprint density at radius 3 is 2.52 bits per heavy atom. The summed E-state index contributed by atoms with van der Waals surface area (Å²) in [5.41, 5.74) is 0.884. The summed E-state index contributed by atoms with van der Waals surface area (Å²) in [7, 11) is 0. The number of rotatable bonds is 6. The second-order valence-corrected chi connectivity index (χ2v) is 5.40. The molecule has 0 aliphatic carbocycles. The van der Waals surface area contributed by atoms with Gasteiger partial charge in [-0.25, -0.2) is 0 Å². The van der Waals surface area contributed by atoms with Crippen LogP contribution in [0.15, 0.2) is 47.8 Å². The predicted molar refractivity (Wildman–Crippen MR) is 85.7 cm³/mol. The van der Waals surface area contributed by atoms with Gasteiger partial charge in [-0.2, -0.15) is 0 Å². The first-order chi connectivity index (χ1) is 10.2. The summed E-state index contributed by atoms with van der Waals surface area (Å²) in [6, 6.07) is 13.1. The highest BCUT2D eigenvalue weighted by Gasteiger charge is 2.14. The van der Waals surface area contributed by atoms with Crippen molar-refractivity contribution in [1.82, 2.24) is 5.32 Å². The monoisotopic (exact) mass is 302 g/mol. The van der Waals surface area contributed by atoms with Gasteiger partial charge in [0.05, 0.1) is 4.88 Å². The molecule has 0 bridgehead atoms. The Hall–Kier alpha value is -2.14. The molecule has 4 nitrogen and oxygen atoms in total. The molecule has 2 rings (SSSR count). The van der Waals surface area contributed by atoms with E-state index in [0.717, 1.165) is 5.69 Å². The number of hydrogen-bond donors (Lipinski definition) is 1. The number of thiophene rings is 1. The number of anilines is 1. The quantitative estimate of drug-likeness (QED) is 0.892. The highest BCUT2D eigenvalue weighted by atomic mass is 32.1. The van der Waals surface area contributed by atoms with Crippen molar-refractivity contribution in [2.24, 2.45) is 0 Å². The van der Waals surface area contributed by atoms with Gasteiger partial charge in [0, 0.05) is 25.2 Å². The molecule has 5 heteroatoms. The molecular formula is C16H18N2O2S. The maximum absolute atomic E-state index is 12.2. The molecule has 1 aromatic heterocycles. The molecule has 0 aliphatic rings. The smallest absolute Gasteiger partial charge is 0.261 e. The van der Waals surface area contributed by atoms with E-state index in [1.165, 1.54) is 11.3 Å². The molecule has 0 atom stereocenters. The molecule has 1 N–H and O–H groups in total. The number of carbonyl (C=O) groups is 2. The van der Waals surface area contributed by atoms with Crippen LogP contribution in [0, 0.1) is 0 Å². The largest absolute Gasteiger partial charge is 0.351 e. The van der Waals surface area contributed by atoms with Crippen LogP contribution in [0.1, 0.15) is 23.0 Å². The van der Waals surface area contributed by atoms with Crippen molar-refractivity contribution < 1.29 is 9.59 Å². The van der Waals surface area contributed by atoms with Crippen molar-refractivity contribution >= 4 is 28.8 Å². The molecule has 110 valence electrons. The van der Waals surface area contributed by atoms with Crippen LogP contribution < -0.4 is 10.2 Å².